The van der Waals surface area contributed by atoms with Crippen molar-refractivity contribution >= 4 is 5.97 Å². The molecule has 0 aromatic rings. The van der Waals surface area contributed by atoms with E-state index in [1.54, 1.807) is 0 Å². The molecule has 0 N–H and O–H groups in total. The summed E-state index contributed by atoms with van der Waals surface area (Å²) in [6.07, 6.45) is 7.79. The molecule has 3 nitrogen and oxygen atoms in total. The molecule has 1 aliphatic heterocycles. The Hall–Kier alpha value is -0.570. The number of unbranched alkanes of at least 4 members (excludes halogenated alkanes) is 3. The third kappa shape index (κ3) is 5.78. The SMILES string of the molecule is CCCCCCC(=O)OC1CCCCO1. The lowest BCUT2D eigenvalue weighted by Gasteiger charge is -2.22. The average Bonchev–Trinajstić information content (AvgIpc) is 2.26. The summed E-state index contributed by atoms with van der Waals surface area (Å²) in [7, 11) is 0. The summed E-state index contributed by atoms with van der Waals surface area (Å²) >= 11 is 0. The molecule has 3 heteroatoms. The minimum Gasteiger partial charge on any atom is -0.436 e. The van der Waals surface area contributed by atoms with Crippen molar-refractivity contribution < 1.29 is 14.3 Å². The summed E-state index contributed by atoms with van der Waals surface area (Å²) in [6.45, 7) is 2.89. The van der Waals surface area contributed by atoms with Gasteiger partial charge in [-0.1, -0.05) is 26.2 Å². The zero-order chi connectivity index (χ0) is 10.9. The van der Waals surface area contributed by atoms with Gasteiger partial charge in [0.05, 0.1) is 6.61 Å². The molecule has 0 aliphatic carbocycles. The van der Waals surface area contributed by atoms with Crippen molar-refractivity contribution in [2.75, 3.05) is 6.61 Å². The summed E-state index contributed by atoms with van der Waals surface area (Å²) in [5.41, 5.74) is 0. The highest BCUT2D eigenvalue weighted by Crippen LogP contribution is 2.15. The number of carbonyl (C=O) groups is 1. The highest BCUT2D eigenvalue weighted by Gasteiger charge is 2.17. The van der Waals surface area contributed by atoms with Crippen LogP contribution in [0.25, 0.3) is 0 Å². The lowest BCUT2D eigenvalue weighted by molar-refractivity contribution is -0.186. The number of rotatable bonds is 6. The van der Waals surface area contributed by atoms with Crippen LogP contribution in [0.2, 0.25) is 0 Å². The van der Waals surface area contributed by atoms with Gasteiger partial charge >= 0.3 is 5.97 Å². The van der Waals surface area contributed by atoms with Gasteiger partial charge in [-0.15, -0.1) is 0 Å². The molecule has 0 aromatic carbocycles. The van der Waals surface area contributed by atoms with Crippen LogP contribution in [0.5, 0.6) is 0 Å². The summed E-state index contributed by atoms with van der Waals surface area (Å²) in [4.78, 5) is 11.4. The van der Waals surface area contributed by atoms with Crippen LogP contribution in [-0.2, 0) is 14.3 Å². The van der Waals surface area contributed by atoms with Crippen LogP contribution in [0.4, 0.5) is 0 Å². The molecule has 0 spiro atoms. The van der Waals surface area contributed by atoms with E-state index in [-0.39, 0.29) is 12.3 Å². The van der Waals surface area contributed by atoms with Gasteiger partial charge in [0.1, 0.15) is 0 Å². The van der Waals surface area contributed by atoms with Crippen LogP contribution in [0.1, 0.15) is 58.3 Å². The van der Waals surface area contributed by atoms with Gasteiger partial charge in [-0.3, -0.25) is 4.79 Å². The molecule has 1 fully saturated rings. The third-order valence-electron chi connectivity index (χ3n) is 2.64. The normalized spacial score (nSPS) is 21.3. The second-order valence-electron chi connectivity index (χ2n) is 4.10. The van der Waals surface area contributed by atoms with Crippen molar-refractivity contribution in [3.63, 3.8) is 0 Å². The minimum atomic E-state index is -0.266. The predicted octanol–water partition coefficient (Wildman–Crippen LogP) is 3.03. The molecule has 0 radical (unpaired) electrons. The maximum atomic E-state index is 11.4. The van der Waals surface area contributed by atoms with E-state index in [1.165, 1.54) is 12.8 Å². The highest BCUT2D eigenvalue weighted by atomic mass is 16.7. The van der Waals surface area contributed by atoms with Crippen LogP contribution < -0.4 is 0 Å². The Morgan fingerprint density at radius 2 is 2.20 bits per heavy atom. The van der Waals surface area contributed by atoms with Gasteiger partial charge in [0.2, 0.25) is 6.29 Å². The molecule has 0 aromatic heterocycles. The average molecular weight is 214 g/mol. The Bertz CT molecular complexity index is 174. The first-order valence-corrected chi connectivity index (χ1v) is 6.14. The summed E-state index contributed by atoms with van der Waals surface area (Å²) in [6, 6.07) is 0. The van der Waals surface area contributed by atoms with Crippen LogP contribution >= 0.6 is 0 Å². The summed E-state index contributed by atoms with van der Waals surface area (Å²) in [5, 5.41) is 0. The van der Waals surface area contributed by atoms with E-state index < -0.39 is 0 Å². The summed E-state index contributed by atoms with van der Waals surface area (Å²) in [5.74, 6) is -0.0991. The number of hydrogen-bond donors (Lipinski definition) is 0. The van der Waals surface area contributed by atoms with Gasteiger partial charge in [0.25, 0.3) is 0 Å². The molecular weight excluding hydrogens is 192 g/mol. The topological polar surface area (TPSA) is 35.5 Å². The molecule has 1 unspecified atom stereocenters. The van der Waals surface area contributed by atoms with Crippen molar-refractivity contribution in [2.45, 2.75) is 64.6 Å². The van der Waals surface area contributed by atoms with Gasteiger partial charge in [-0.2, -0.15) is 0 Å². The summed E-state index contributed by atoms with van der Waals surface area (Å²) < 4.78 is 10.5. The maximum absolute atomic E-state index is 11.4. The van der Waals surface area contributed by atoms with E-state index in [9.17, 15) is 4.79 Å². The molecule has 1 atom stereocenters. The van der Waals surface area contributed by atoms with Crippen molar-refractivity contribution in [3.05, 3.63) is 0 Å². The van der Waals surface area contributed by atoms with E-state index in [4.69, 9.17) is 9.47 Å². The zero-order valence-corrected chi connectivity index (χ0v) is 9.67. The van der Waals surface area contributed by atoms with Crippen LogP contribution in [0, 0.1) is 0 Å². The minimum absolute atomic E-state index is 0.0991. The van der Waals surface area contributed by atoms with Gasteiger partial charge in [-0.05, 0) is 19.3 Å². The van der Waals surface area contributed by atoms with Crippen LogP contribution in [0.3, 0.4) is 0 Å². The molecule has 0 saturated carbocycles. The fourth-order valence-electron chi connectivity index (χ4n) is 1.71. The molecule has 1 aliphatic rings. The van der Waals surface area contributed by atoms with Crippen molar-refractivity contribution in [2.24, 2.45) is 0 Å². The van der Waals surface area contributed by atoms with Gasteiger partial charge in [0, 0.05) is 12.8 Å². The fraction of sp³-hybridized carbons (Fsp3) is 0.917. The smallest absolute Gasteiger partial charge is 0.308 e. The number of ether oxygens (including phenoxy) is 2. The fourth-order valence-corrected chi connectivity index (χ4v) is 1.71. The number of carbonyl (C=O) groups excluding carboxylic acids is 1. The molecular formula is C12H22O3. The Morgan fingerprint density at radius 1 is 1.33 bits per heavy atom. The van der Waals surface area contributed by atoms with E-state index in [2.05, 4.69) is 6.92 Å². The third-order valence-corrected chi connectivity index (χ3v) is 2.64. The molecule has 1 heterocycles. The zero-order valence-electron chi connectivity index (χ0n) is 9.67. The predicted molar refractivity (Wildman–Crippen MR) is 58.4 cm³/mol. The van der Waals surface area contributed by atoms with Crippen molar-refractivity contribution in [3.8, 4) is 0 Å². The Balaban J connectivity index is 2.01. The Kier molecular flexibility index (Phi) is 6.41. The van der Waals surface area contributed by atoms with E-state index in [1.807, 2.05) is 0 Å². The van der Waals surface area contributed by atoms with Gasteiger partial charge < -0.3 is 9.47 Å². The first kappa shape index (κ1) is 12.5. The standard InChI is InChI=1S/C12H22O3/c1-2-3-4-5-8-11(13)15-12-9-6-7-10-14-12/h12H,2-10H2,1H3. The van der Waals surface area contributed by atoms with Crippen molar-refractivity contribution in [1.29, 1.82) is 0 Å². The highest BCUT2D eigenvalue weighted by molar-refractivity contribution is 5.69. The molecule has 88 valence electrons. The van der Waals surface area contributed by atoms with Crippen molar-refractivity contribution in [1.82, 2.24) is 0 Å². The molecule has 1 saturated heterocycles. The lowest BCUT2D eigenvalue weighted by Crippen LogP contribution is -2.25. The van der Waals surface area contributed by atoms with Crippen LogP contribution in [0.15, 0.2) is 0 Å². The largest absolute Gasteiger partial charge is 0.436 e. The Morgan fingerprint density at radius 3 is 2.87 bits per heavy atom. The van der Waals surface area contributed by atoms with E-state index in [0.29, 0.717) is 6.42 Å². The van der Waals surface area contributed by atoms with E-state index >= 15 is 0 Å². The lowest BCUT2D eigenvalue weighted by atomic mass is 10.1. The van der Waals surface area contributed by atoms with Crippen LogP contribution in [-0.4, -0.2) is 18.9 Å². The van der Waals surface area contributed by atoms with E-state index in [0.717, 1.165) is 38.7 Å². The second kappa shape index (κ2) is 7.69. The molecule has 15 heavy (non-hydrogen) atoms. The number of hydrogen-bond acceptors (Lipinski definition) is 3. The monoisotopic (exact) mass is 214 g/mol. The molecule has 0 amide bonds. The molecule has 0 bridgehead atoms. The first-order valence-electron chi connectivity index (χ1n) is 6.14. The molecule has 1 rings (SSSR count). The first-order chi connectivity index (χ1) is 7.33. The van der Waals surface area contributed by atoms with Gasteiger partial charge in [0.15, 0.2) is 0 Å². The quantitative estimate of drug-likeness (QED) is 0.503. The number of esters is 1. The maximum Gasteiger partial charge on any atom is 0.308 e. The Labute approximate surface area is 92.1 Å². The second-order valence-corrected chi connectivity index (χ2v) is 4.10. The van der Waals surface area contributed by atoms with Gasteiger partial charge in [-0.25, -0.2) is 0 Å².